The fourth-order valence-electron chi connectivity index (χ4n) is 3.88. The molecule has 0 unspecified atom stereocenters. The normalized spacial score (nSPS) is 21.3. The van der Waals surface area contributed by atoms with Crippen molar-refractivity contribution in [2.24, 2.45) is 0 Å². The van der Waals surface area contributed by atoms with E-state index in [-0.39, 0.29) is 18.2 Å². The monoisotopic (exact) mass is 373 g/mol. The highest BCUT2D eigenvalue weighted by Crippen LogP contribution is 2.21. The number of nitrogens with zero attached hydrogens (tertiary/aromatic N) is 2. The number of rotatable bonds is 8. The summed E-state index contributed by atoms with van der Waals surface area (Å²) >= 11 is 0. The molecule has 2 aliphatic heterocycles. The highest BCUT2D eigenvalue weighted by molar-refractivity contribution is 5.98. The van der Waals surface area contributed by atoms with E-state index in [4.69, 9.17) is 4.74 Å². The van der Waals surface area contributed by atoms with Crippen LogP contribution in [0.25, 0.3) is 0 Å². The van der Waals surface area contributed by atoms with Gasteiger partial charge in [-0.3, -0.25) is 14.5 Å². The van der Waals surface area contributed by atoms with Gasteiger partial charge in [0.25, 0.3) is 0 Å². The maximum atomic E-state index is 12.5. The number of ketones is 1. The van der Waals surface area contributed by atoms with Crippen LogP contribution in [0.3, 0.4) is 0 Å². The van der Waals surface area contributed by atoms with Crippen molar-refractivity contribution in [1.82, 2.24) is 15.1 Å². The van der Waals surface area contributed by atoms with Crippen molar-refractivity contribution < 1.29 is 14.3 Å². The molecule has 27 heavy (non-hydrogen) atoms. The Morgan fingerprint density at radius 2 is 2.19 bits per heavy atom. The van der Waals surface area contributed by atoms with Crippen molar-refractivity contribution in [2.45, 2.75) is 39.2 Å². The van der Waals surface area contributed by atoms with Crippen molar-refractivity contribution >= 4 is 11.7 Å². The van der Waals surface area contributed by atoms with Gasteiger partial charge in [0.2, 0.25) is 5.91 Å². The Kier molecular flexibility index (Phi) is 6.85. The van der Waals surface area contributed by atoms with Crippen molar-refractivity contribution in [2.75, 3.05) is 45.9 Å². The van der Waals surface area contributed by atoms with Gasteiger partial charge in [0.15, 0.2) is 5.78 Å². The lowest BCUT2D eigenvalue weighted by atomic mass is 10.1. The summed E-state index contributed by atoms with van der Waals surface area (Å²) in [5.74, 6) is 0.873. The van der Waals surface area contributed by atoms with Gasteiger partial charge >= 0.3 is 0 Å². The Labute approximate surface area is 161 Å². The van der Waals surface area contributed by atoms with Crippen LogP contribution in [0, 0.1) is 6.92 Å². The maximum absolute atomic E-state index is 12.5. The standard InChI is InChI=1S/C21H31N3O3/c1-16-13-18(19(25)14-23-11-8-22-21(26)15-23)6-7-20(16)27-12-4-10-24-9-3-5-17(24)2/h6-7,13,17H,3-5,8-12,14-15H2,1-2H3,(H,22,26)/t17-/m1/s1. The van der Waals surface area contributed by atoms with Crippen LogP contribution in [-0.4, -0.2) is 73.4 Å². The molecule has 148 valence electrons. The zero-order valence-corrected chi connectivity index (χ0v) is 16.5. The molecular formula is C21H31N3O3. The number of nitrogens with one attached hydrogen (secondary N) is 1. The highest BCUT2D eigenvalue weighted by atomic mass is 16.5. The van der Waals surface area contributed by atoms with E-state index in [1.165, 1.54) is 19.4 Å². The molecule has 0 bridgehead atoms. The number of hydrogen-bond acceptors (Lipinski definition) is 5. The lowest BCUT2D eigenvalue weighted by Crippen LogP contribution is -2.49. The molecular weight excluding hydrogens is 342 g/mol. The van der Waals surface area contributed by atoms with Crippen molar-refractivity contribution in [3.05, 3.63) is 29.3 Å². The number of carbonyl (C=O) groups excluding carboxylic acids is 2. The van der Waals surface area contributed by atoms with E-state index >= 15 is 0 Å². The third-order valence-corrected chi connectivity index (χ3v) is 5.52. The quantitative estimate of drug-likeness (QED) is 0.557. The van der Waals surface area contributed by atoms with Gasteiger partial charge in [-0.25, -0.2) is 0 Å². The molecule has 0 aliphatic carbocycles. The second-order valence-electron chi connectivity index (χ2n) is 7.69. The summed E-state index contributed by atoms with van der Waals surface area (Å²) in [5, 5.41) is 2.77. The summed E-state index contributed by atoms with van der Waals surface area (Å²) in [7, 11) is 0. The van der Waals surface area contributed by atoms with Gasteiger partial charge < -0.3 is 15.0 Å². The van der Waals surface area contributed by atoms with Crippen molar-refractivity contribution in [3.8, 4) is 5.75 Å². The number of benzene rings is 1. The molecule has 0 radical (unpaired) electrons. The minimum absolute atomic E-state index is 0.0164. The van der Waals surface area contributed by atoms with Gasteiger partial charge in [0.05, 0.1) is 19.7 Å². The number of Topliss-reactive ketones (excluding diaryl/α,β-unsaturated/α-hetero) is 1. The van der Waals surface area contributed by atoms with Crippen LogP contribution < -0.4 is 10.1 Å². The second kappa shape index (κ2) is 9.33. The molecule has 6 nitrogen and oxygen atoms in total. The first-order chi connectivity index (χ1) is 13.0. The van der Waals surface area contributed by atoms with E-state index in [1.54, 1.807) is 0 Å². The van der Waals surface area contributed by atoms with Crippen LogP contribution in [0.5, 0.6) is 5.75 Å². The molecule has 0 spiro atoms. The summed E-state index contributed by atoms with van der Waals surface area (Å²) in [6.07, 6.45) is 3.62. The fourth-order valence-corrected chi connectivity index (χ4v) is 3.88. The molecule has 1 aromatic rings. The van der Waals surface area contributed by atoms with E-state index in [0.717, 1.165) is 24.3 Å². The van der Waals surface area contributed by atoms with Gasteiger partial charge in [0, 0.05) is 31.2 Å². The first-order valence-electron chi connectivity index (χ1n) is 10.0. The zero-order valence-electron chi connectivity index (χ0n) is 16.5. The Morgan fingerprint density at radius 3 is 2.89 bits per heavy atom. The number of likely N-dealkylation sites (tertiary alicyclic amines) is 1. The minimum atomic E-state index is -0.0164. The van der Waals surface area contributed by atoms with E-state index in [1.807, 2.05) is 30.0 Å². The first kappa shape index (κ1) is 19.8. The van der Waals surface area contributed by atoms with Crippen LogP contribution in [0.1, 0.15) is 42.1 Å². The van der Waals surface area contributed by atoms with Gasteiger partial charge in [-0.2, -0.15) is 0 Å². The molecule has 6 heteroatoms. The van der Waals surface area contributed by atoms with E-state index in [0.29, 0.717) is 37.8 Å². The van der Waals surface area contributed by atoms with Gasteiger partial charge in [-0.1, -0.05) is 0 Å². The SMILES string of the molecule is Cc1cc(C(=O)CN2CCNC(=O)C2)ccc1OCCCN1CCC[C@H]1C. The topological polar surface area (TPSA) is 61.9 Å². The average Bonchev–Trinajstić information content (AvgIpc) is 3.04. The predicted molar refractivity (Wildman–Crippen MR) is 105 cm³/mol. The summed E-state index contributed by atoms with van der Waals surface area (Å²) in [6.45, 7) is 9.15. The molecule has 1 atom stereocenters. The second-order valence-corrected chi connectivity index (χ2v) is 7.69. The smallest absolute Gasteiger partial charge is 0.234 e. The van der Waals surface area contributed by atoms with E-state index in [9.17, 15) is 9.59 Å². The Balaban J connectivity index is 1.46. The molecule has 1 amide bonds. The van der Waals surface area contributed by atoms with Crippen LogP contribution in [0.4, 0.5) is 0 Å². The molecule has 2 aliphatic rings. The number of carbonyl (C=O) groups is 2. The van der Waals surface area contributed by atoms with Crippen LogP contribution >= 0.6 is 0 Å². The highest BCUT2D eigenvalue weighted by Gasteiger charge is 2.20. The maximum Gasteiger partial charge on any atom is 0.234 e. The predicted octanol–water partition coefficient (Wildman–Crippen LogP) is 1.86. The molecule has 2 heterocycles. The van der Waals surface area contributed by atoms with E-state index in [2.05, 4.69) is 17.1 Å². The van der Waals surface area contributed by atoms with Gasteiger partial charge in [0.1, 0.15) is 5.75 Å². The summed E-state index contributed by atoms with van der Waals surface area (Å²) in [6, 6.07) is 6.31. The molecule has 2 fully saturated rings. The van der Waals surface area contributed by atoms with Crippen LogP contribution in [-0.2, 0) is 4.79 Å². The average molecular weight is 373 g/mol. The Hall–Kier alpha value is -1.92. The molecule has 3 rings (SSSR count). The molecule has 1 N–H and O–H groups in total. The largest absolute Gasteiger partial charge is 0.493 e. The van der Waals surface area contributed by atoms with Crippen LogP contribution in [0.2, 0.25) is 0 Å². The van der Waals surface area contributed by atoms with Gasteiger partial charge in [-0.05, 0) is 63.4 Å². The van der Waals surface area contributed by atoms with E-state index < -0.39 is 0 Å². The fraction of sp³-hybridized carbons (Fsp3) is 0.619. The van der Waals surface area contributed by atoms with Crippen LogP contribution in [0.15, 0.2) is 18.2 Å². The molecule has 2 saturated heterocycles. The third-order valence-electron chi connectivity index (χ3n) is 5.52. The lowest BCUT2D eigenvalue weighted by molar-refractivity contribution is -0.123. The molecule has 0 aromatic heterocycles. The molecule has 0 saturated carbocycles. The summed E-state index contributed by atoms with van der Waals surface area (Å²) < 4.78 is 5.93. The number of piperazine rings is 1. The number of amides is 1. The number of aryl methyl sites for hydroxylation is 1. The Morgan fingerprint density at radius 1 is 1.33 bits per heavy atom. The number of hydrogen-bond donors (Lipinski definition) is 1. The first-order valence-corrected chi connectivity index (χ1v) is 10.0. The van der Waals surface area contributed by atoms with Crippen molar-refractivity contribution in [1.29, 1.82) is 0 Å². The summed E-state index contributed by atoms with van der Waals surface area (Å²) in [5.41, 5.74) is 1.66. The lowest BCUT2D eigenvalue weighted by Gasteiger charge is -2.25. The van der Waals surface area contributed by atoms with Gasteiger partial charge in [-0.15, -0.1) is 0 Å². The van der Waals surface area contributed by atoms with Crippen molar-refractivity contribution in [3.63, 3.8) is 0 Å². The molecule has 1 aromatic carbocycles. The zero-order chi connectivity index (χ0) is 19.2. The number of ether oxygens (including phenoxy) is 1. The minimum Gasteiger partial charge on any atom is -0.493 e. The third kappa shape index (κ3) is 5.53. The Bertz CT molecular complexity index is 677. The summed E-state index contributed by atoms with van der Waals surface area (Å²) in [4.78, 5) is 28.4.